The lowest BCUT2D eigenvalue weighted by Crippen LogP contribution is -2.35. The quantitative estimate of drug-likeness (QED) is 0.773. The van der Waals surface area contributed by atoms with Crippen molar-refractivity contribution in [3.63, 3.8) is 0 Å². The molecule has 1 amide bonds. The van der Waals surface area contributed by atoms with E-state index in [4.69, 9.17) is 9.84 Å². The minimum atomic E-state index is -0.499. The number of aliphatic hydroxyl groups is 2. The van der Waals surface area contributed by atoms with Crippen molar-refractivity contribution in [1.82, 2.24) is 4.90 Å². The summed E-state index contributed by atoms with van der Waals surface area (Å²) in [7, 11) is 0. The largest absolute Gasteiger partial charge is 0.444 e. The van der Waals surface area contributed by atoms with E-state index in [1.165, 1.54) is 0 Å². The molecule has 2 N–H and O–H groups in total. The first-order chi connectivity index (χ1) is 7.87. The lowest BCUT2D eigenvalue weighted by atomic mass is 9.94. The molecule has 5 heteroatoms. The Bertz CT molecular complexity index is 262. The van der Waals surface area contributed by atoms with Gasteiger partial charge in [0, 0.05) is 32.2 Å². The summed E-state index contributed by atoms with van der Waals surface area (Å²) in [4.78, 5) is 13.4. The minimum absolute atomic E-state index is 0.0456. The molecular formula is C12H23NO4. The third kappa shape index (κ3) is 4.16. The average molecular weight is 245 g/mol. The number of likely N-dealkylation sites (tertiary alicyclic amines) is 1. The van der Waals surface area contributed by atoms with Crippen LogP contribution in [-0.2, 0) is 4.74 Å². The fourth-order valence-electron chi connectivity index (χ4n) is 2.11. The number of nitrogens with zero attached hydrogens (tertiary/aromatic N) is 1. The molecule has 100 valence electrons. The maximum absolute atomic E-state index is 11.8. The highest BCUT2D eigenvalue weighted by atomic mass is 16.6. The highest BCUT2D eigenvalue weighted by Gasteiger charge is 2.36. The van der Waals surface area contributed by atoms with Crippen LogP contribution in [0.25, 0.3) is 0 Å². The maximum atomic E-state index is 11.8. The van der Waals surface area contributed by atoms with Crippen LogP contribution in [0.4, 0.5) is 4.79 Å². The number of ether oxygens (including phenoxy) is 1. The number of hydrogen-bond acceptors (Lipinski definition) is 4. The maximum Gasteiger partial charge on any atom is 0.410 e. The minimum Gasteiger partial charge on any atom is -0.444 e. The van der Waals surface area contributed by atoms with Gasteiger partial charge < -0.3 is 19.8 Å². The molecule has 0 unspecified atom stereocenters. The summed E-state index contributed by atoms with van der Waals surface area (Å²) in [6, 6.07) is 0. The van der Waals surface area contributed by atoms with Gasteiger partial charge in [-0.1, -0.05) is 0 Å². The predicted molar refractivity (Wildman–Crippen MR) is 63.6 cm³/mol. The van der Waals surface area contributed by atoms with E-state index in [2.05, 4.69) is 0 Å². The van der Waals surface area contributed by atoms with Crippen LogP contribution in [0.15, 0.2) is 0 Å². The molecule has 0 saturated carbocycles. The molecule has 1 fully saturated rings. The van der Waals surface area contributed by atoms with Crippen LogP contribution in [0, 0.1) is 11.8 Å². The number of amides is 1. The van der Waals surface area contributed by atoms with Gasteiger partial charge in [-0.15, -0.1) is 0 Å². The molecule has 17 heavy (non-hydrogen) atoms. The third-order valence-corrected chi connectivity index (χ3v) is 2.96. The molecule has 0 radical (unpaired) electrons. The second-order valence-corrected chi connectivity index (χ2v) is 5.60. The molecule has 0 bridgehead atoms. The number of hydrogen-bond donors (Lipinski definition) is 2. The number of aliphatic hydroxyl groups excluding tert-OH is 2. The Morgan fingerprint density at radius 1 is 1.29 bits per heavy atom. The summed E-state index contributed by atoms with van der Waals surface area (Å²) in [6.07, 6.45) is 0.279. The van der Waals surface area contributed by atoms with Crippen LogP contribution < -0.4 is 0 Å². The predicted octanol–water partition coefficient (Wildman–Crippen LogP) is 0.844. The fraction of sp³-hybridized carbons (Fsp3) is 0.917. The van der Waals surface area contributed by atoms with E-state index in [9.17, 15) is 9.90 Å². The van der Waals surface area contributed by atoms with Crippen LogP contribution in [0.5, 0.6) is 0 Å². The second kappa shape index (κ2) is 5.69. The number of rotatable bonds is 3. The van der Waals surface area contributed by atoms with Crippen molar-refractivity contribution >= 4 is 6.09 Å². The van der Waals surface area contributed by atoms with E-state index >= 15 is 0 Å². The van der Waals surface area contributed by atoms with Crippen LogP contribution in [0.3, 0.4) is 0 Å². The molecular weight excluding hydrogens is 222 g/mol. The summed E-state index contributed by atoms with van der Waals surface area (Å²) in [5.41, 5.74) is -0.499. The molecule has 0 aliphatic carbocycles. The summed E-state index contributed by atoms with van der Waals surface area (Å²) in [5, 5.41) is 18.2. The smallest absolute Gasteiger partial charge is 0.410 e. The summed E-state index contributed by atoms with van der Waals surface area (Å²) in [6.45, 7) is 6.69. The number of carbonyl (C=O) groups is 1. The van der Waals surface area contributed by atoms with E-state index in [1.54, 1.807) is 4.90 Å². The zero-order valence-corrected chi connectivity index (χ0v) is 10.8. The first kappa shape index (κ1) is 14.3. The molecule has 2 atom stereocenters. The van der Waals surface area contributed by atoms with Gasteiger partial charge >= 0.3 is 6.09 Å². The average Bonchev–Trinajstić information content (AvgIpc) is 2.59. The van der Waals surface area contributed by atoms with E-state index < -0.39 is 5.60 Å². The zero-order chi connectivity index (χ0) is 13.1. The van der Waals surface area contributed by atoms with Crippen molar-refractivity contribution in [2.24, 2.45) is 11.8 Å². The van der Waals surface area contributed by atoms with Crippen molar-refractivity contribution in [3.05, 3.63) is 0 Å². The van der Waals surface area contributed by atoms with Gasteiger partial charge in [-0.25, -0.2) is 4.79 Å². The Balaban J connectivity index is 2.54. The highest BCUT2D eigenvalue weighted by Crippen LogP contribution is 2.27. The molecule has 0 aromatic heterocycles. The van der Waals surface area contributed by atoms with Gasteiger partial charge in [-0.05, 0) is 33.1 Å². The Labute approximate surface area is 102 Å². The molecule has 1 aliphatic heterocycles. The van der Waals surface area contributed by atoms with E-state index in [0.717, 1.165) is 0 Å². The first-order valence-corrected chi connectivity index (χ1v) is 6.07. The molecule has 1 saturated heterocycles. The lowest BCUT2D eigenvalue weighted by Gasteiger charge is -2.24. The van der Waals surface area contributed by atoms with Gasteiger partial charge in [0.15, 0.2) is 0 Å². The van der Waals surface area contributed by atoms with Crippen molar-refractivity contribution in [1.29, 1.82) is 0 Å². The molecule has 0 aromatic carbocycles. The van der Waals surface area contributed by atoms with Gasteiger partial charge in [0.1, 0.15) is 5.60 Å². The van der Waals surface area contributed by atoms with E-state index in [-0.39, 0.29) is 31.1 Å². The Kier molecular flexibility index (Phi) is 4.77. The van der Waals surface area contributed by atoms with Crippen LogP contribution in [-0.4, -0.2) is 53.1 Å². The first-order valence-electron chi connectivity index (χ1n) is 6.07. The Hall–Kier alpha value is -0.810. The van der Waals surface area contributed by atoms with Crippen molar-refractivity contribution in [2.45, 2.75) is 32.8 Å². The second-order valence-electron chi connectivity index (χ2n) is 5.60. The van der Waals surface area contributed by atoms with Crippen LogP contribution >= 0.6 is 0 Å². The lowest BCUT2D eigenvalue weighted by molar-refractivity contribution is 0.0280. The summed E-state index contributed by atoms with van der Waals surface area (Å²) >= 11 is 0. The summed E-state index contributed by atoms with van der Waals surface area (Å²) in [5.74, 6) is 0.215. The summed E-state index contributed by atoms with van der Waals surface area (Å²) < 4.78 is 5.28. The van der Waals surface area contributed by atoms with Gasteiger partial charge in [0.05, 0.1) is 0 Å². The van der Waals surface area contributed by atoms with Crippen LogP contribution in [0.1, 0.15) is 27.2 Å². The van der Waals surface area contributed by atoms with Crippen molar-refractivity contribution < 1.29 is 19.7 Å². The Morgan fingerprint density at radius 2 is 1.88 bits per heavy atom. The molecule has 0 spiro atoms. The van der Waals surface area contributed by atoms with E-state index in [1.807, 2.05) is 20.8 Å². The molecule has 1 aliphatic rings. The van der Waals surface area contributed by atoms with Gasteiger partial charge in [-0.3, -0.25) is 0 Å². The highest BCUT2D eigenvalue weighted by molar-refractivity contribution is 5.68. The van der Waals surface area contributed by atoms with Gasteiger partial charge in [-0.2, -0.15) is 0 Å². The fourth-order valence-corrected chi connectivity index (χ4v) is 2.11. The number of carbonyl (C=O) groups excluding carboxylic acids is 1. The zero-order valence-electron chi connectivity index (χ0n) is 10.8. The van der Waals surface area contributed by atoms with Crippen molar-refractivity contribution in [2.75, 3.05) is 26.3 Å². The third-order valence-electron chi connectivity index (χ3n) is 2.96. The molecule has 0 aromatic rings. The SMILES string of the molecule is CC(C)(C)OC(=O)N1C[C@@H](CO)[C@@H](CCO)C1. The van der Waals surface area contributed by atoms with Gasteiger partial charge in [0.25, 0.3) is 0 Å². The standard InChI is InChI=1S/C12H23NO4/c1-12(2,3)17-11(16)13-6-9(4-5-14)10(7-13)8-15/h9-10,14-15H,4-8H2,1-3H3/t9-,10-/m0/s1. The Morgan fingerprint density at radius 3 is 2.35 bits per heavy atom. The molecule has 1 heterocycles. The van der Waals surface area contributed by atoms with Crippen molar-refractivity contribution in [3.8, 4) is 0 Å². The van der Waals surface area contributed by atoms with Gasteiger partial charge in [0.2, 0.25) is 0 Å². The topological polar surface area (TPSA) is 70.0 Å². The monoisotopic (exact) mass is 245 g/mol. The van der Waals surface area contributed by atoms with E-state index in [0.29, 0.717) is 19.5 Å². The van der Waals surface area contributed by atoms with Crippen LogP contribution in [0.2, 0.25) is 0 Å². The molecule has 1 rings (SSSR count). The molecule has 5 nitrogen and oxygen atoms in total. The normalized spacial score (nSPS) is 25.1.